The first-order valence-corrected chi connectivity index (χ1v) is 5.83. The van der Waals surface area contributed by atoms with Crippen LogP contribution < -0.4 is 4.74 Å². The number of hydrogen-bond acceptors (Lipinski definition) is 3. The van der Waals surface area contributed by atoms with Crippen LogP contribution in [-0.4, -0.2) is 20.9 Å². The van der Waals surface area contributed by atoms with E-state index >= 15 is 0 Å². The number of ether oxygens (including phenoxy) is 1. The fraction of sp³-hybridized carbons (Fsp3) is 0.231. The van der Waals surface area contributed by atoms with Crippen LogP contribution in [0, 0.1) is 5.82 Å². The van der Waals surface area contributed by atoms with Crippen LogP contribution in [0.5, 0.6) is 11.5 Å². The standard InChI is InChI=1S/C13H13FN2O3/c1-2-5-16-8-10(7-15-16)19-12-4-3-9(13(17)18)6-11(12)14/h3-4,6-8H,2,5H2,1H3,(H,17,18). The Morgan fingerprint density at radius 1 is 1.53 bits per heavy atom. The minimum absolute atomic E-state index is 0.0268. The highest BCUT2D eigenvalue weighted by Gasteiger charge is 2.10. The monoisotopic (exact) mass is 264 g/mol. The molecule has 0 fully saturated rings. The van der Waals surface area contributed by atoms with Gasteiger partial charge in [0.05, 0.1) is 18.0 Å². The molecule has 0 amide bonds. The average molecular weight is 264 g/mol. The van der Waals surface area contributed by atoms with Gasteiger partial charge in [-0.05, 0) is 24.6 Å². The zero-order valence-electron chi connectivity index (χ0n) is 10.3. The molecule has 0 saturated carbocycles. The fourth-order valence-electron chi connectivity index (χ4n) is 1.59. The Morgan fingerprint density at radius 3 is 2.95 bits per heavy atom. The first-order valence-electron chi connectivity index (χ1n) is 5.83. The maximum Gasteiger partial charge on any atom is 0.335 e. The largest absolute Gasteiger partial charge is 0.478 e. The molecule has 0 saturated heterocycles. The molecule has 0 spiro atoms. The van der Waals surface area contributed by atoms with Crippen molar-refractivity contribution in [3.8, 4) is 11.5 Å². The Labute approximate surface area is 109 Å². The van der Waals surface area contributed by atoms with Crippen LogP contribution in [0.4, 0.5) is 4.39 Å². The van der Waals surface area contributed by atoms with Gasteiger partial charge in [-0.2, -0.15) is 5.10 Å². The Kier molecular flexibility index (Phi) is 3.79. The minimum atomic E-state index is -1.18. The van der Waals surface area contributed by atoms with E-state index in [1.807, 2.05) is 6.92 Å². The Hall–Kier alpha value is -2.37. The van der Waals surface area contributed by atoms with Crippen molar-refractivity contribution in [2.45, 2.75) is 19.9 Å². The van der Waals surface area contributed by atoms with Crippen molar-refractivity contribution < 1.29 is 19.0 Å². The molecule has 5 nitrogen and oxygen atoms in total. The molecule has 1 N–H and O–H groups in total. The first-order chi connectivity index (χ1) is 9.10. The molecular weight excluding hydrogens is 251 g/mol. The number of rotatable bonds is 5. The minimum Gasteiger partial charge on any atom is -0.478 e. The second-order valence-corrected chi connectivity index (χ2v) is 3.99. The van der Waals surface area contributed by atoms with Crippen molar-refractivity contribution in [2.24, 2.45) is 0 Å². The number of carbonyl (C=O) groups is 1. The van der Waals surface area contributed by atoms with Gasteiger partial charge < -0.3 is 9.84 Å². The highest BCUT2D eigenvalue weighted by Crippen LogP contribution is 2.24. The van der Waals surface area contributed by atoms with Gasteiger partial charge >= 0.3 is 5.97 Å². The van der Waals surface area contributed by atoms with E-state index in [-0.39, 0.29) is 11.3 Å². The smallest absolute Gasteiger partial charge is 0.335 e. The number of benzene rings is 1. The van der Waals surface area contributed by atoms with E-state index in [9.17, 15) is 9.18 Å². The van der Waals surface area contributed by atoms with Gasteiger partial charge in [-0.15, -0.1) is 0 Å². The van der Waals surface area contributed by atoms with Crippen LogP contribution in [-0.2, 0) is 6.54 Å². The number of aromatic nitrogens is 2. The molecule has 0 aliphatic carbocycles. The van der Waals surface area contributed by atoms with Crippen molar-refractivity contribution in [3.05, 3.63) is 42.0 Å². The second-order valence-electron chi connectivity index (χ2n) is 3.99. The van der Waals surface area contributed by atoms with Gasteiger partial charge in [-0.1, -0.05) is 6.92 Å². The third kappa shape index (κ3) is 3.09. The molecule has 0 aliphatic rings. The quantitative estimate of drug-likeness (QED) is 0.901. The number of carboxylic acid groups (broad SMARTS) is 1. The van der Waals surface area contributed by atoms with Gasteiger partial charge in [0.2, 0.25) is 0 Å². The van der Waals surface area contributed by atoms with Crippen molar-refractivity contribution >= 4 is 5.97 Å². The molecule has 0 aliphatic heterocycles. The molecule has 0 unspecified atom stereocenters. The lowest BCUT2D eigenvalue weighted by Gasteiger charge is -2.04. The Morgan fingerprint density at radius 2 is 2.32 bits per heavy atom. The van der Waals surface area contributed by atoms with Crippen molar-refractivity contribution in [2.75, 3.05) is 0 Å². The molecule has 19 heavy (non-hydrogen) atoms. The number of aromatic carboxylic acids is 1. The third-order valence-electron chi connectivity index (χ3n) is 2.47. The molecule has 1 aromatic heterocycles. The maximum atomic E-state index is 13.6. The summed E-state index contributed by atoms with van der Waals surface area (Å²) in [6.07, 6.45) is 4.08. The molecule has 1 heterocycles. The number of carboxylic acids is 1. The number of halogens is 1. The van der Waals surface area contributed by atoms with Crippen LogP contribution in [0.1, 0.15) is 23.7 Å². The number of nitrogens with zero attached hydrogens (tertiary/aromatic N) is 2. The lowest BCUT2D eigenvalue weighted by Crippen LogP contribution is -1.98. The van der Waals surface area contributed by atoms with Gasteiger partial charge in [0, 0.05) is 6.54 Å². The summed E-state index contributed by atoms with van der Waals surface area (Å²) in [5.74, 6) is -1.51. The molecule has 2 aromatic rings. The Balaban J connectivity index is 2.16. The van der Waals surface area contributed by atoms with Crippen molar-refractivity contribution in [1.82, 2.24) is 9.78 Å². The highest BCUT2D eigenvalue weighted by atomic mass is 19.1. The van der Waals surface area contributed by atoms with Gasteiger partial charge in [-0.3, -0.25) is 4.68 Å². The summed E-state index contributed by atoms with van der Waals surface area (Å²) in [5.41, 5.74) is -0.119. The Bertz CT molecular complexity index is 595. The first kappa shape index (κ1) is 13.1. The van der Waals surface area contributed by atoms with E-state index in [0.717, 1.165) is 19.0 Å². The fourth-order valence-corrected chi connectivity index (χ4v) is 1.59. The topological polar surface area (TPSA) is 64.3 Å². The lowest BCUT2D eigenvalue weighted by atomic mass is 10.2. The summed E-state index contributed by atoms with van der Waals surface area (Å²) in [5, 5.41) is 12.8. The summed E-state index contributed by atoms with van der Waals surface area (Å²) in [6, 6.07) is 3.50. The third-order valence-corrected chi connectivity index (χ3v) is 2.47. The molecule has 1 aromatic carbocycles. The van der Waals surface area contributed by atoms with Crippen LogP contribution in [0.25, 0.3) is 0 Å². The zero-order chi connectivity index (χ0) is 13.8. The molecule has 0 atom stereocenters. The predicted octanol–water partition coefficient (Wildman–Crippen LogP) is 2.92. The van der Waals surface area contributed by atoms with Crippen LogP contribution in [0.2, 0.25) is 0 Å². The highest BCUT2D eigenvalue weighted by molar-refractivity contribution is 5.87. The maximum absolute atomic E-state index is 13.6. The van der Waals surface area contributed by atoms with E-state index in [1.165, 1.54) is 18.3 Å². The number of aryl methyl sites for hydroxylation is 1. The van der Waals surface area contributed by atoms with E-state index in [0.29, 0.717) is 5.75 Å². The van der Waals surface area contributed by atoms with E-state index in [2.05, 4.69) is 5.10 Å². The van der Waals surface area contributed by atoms with Gasteiger partial charge in [0.1, 0.15) is 0 Å². The van der Waals surface area contributed by atoms with Gasteiger partial charge in [-0.25, -0.2) is 9.18 Å². The molecule has 6 heteroatoms. The summed E-state index contributed by atoms with van der Waals surface area (Å²) in [7, 11) is 0. The van der Waals surface area contributed by atoms with Gasteiger partial charge in [0.25, 0.3) is 0 Å². The van der Waals surface area contributed by atoms with E-state index in [1.54, 1.807) is 10.9 Å². The van der Waals surface area contributed by atoms with Crippen LogP contribution >= 0.6 is 0 Å². The van der Waals surface area contributed by atoms with Crippen LogP contribution in [0.3, 0.4) is 0 Å². The second kappa shape index (κ2) is 5.51. The number of hydrogen-bond donors (Lipinski definition) is 1. The molecule has 100 valence electrons. The summed E-state index contributed by atoms with van der Waals surface area (Å²) >= 11 is 0. The molecule has 0 bridgehead atoms. The predicted molar refractivity (Wildman–Crippen MR) is 66.0 cm³/mol. The van der Waals surface area contributed by atoms with Crippen LogP contribution in [0.15, 0.2) is 30.6 Å². The lowest BCUT2D eigenvalue weighted by molar-refractivity contribution is 0.0696. The molecular formula is C13H13FN2O3. The molecule has 2 rings (SSSR count). The molecule has 0 radical (unpaired) electrons. The van der Waals surface area contributed by atoms with E-state index < -0.39 is 11.8 Å². The SMILES string of the molecule is CCCn1cc(Oc2ccc(C(=O)O)cc2F)cn1. The summed E-state index contributed by atoms with van der Waals surface area (Å²) in [4.78, 5) is 10.7. The van der Waals surface area contributed by atoms with Crippen molar-refractivity contribution in [3.63, 3.8) is 0 Å². The van der Waals surface area contributed by atoms with E-state index in [4.69, 9.17) is 9.84 Å². The average Bonchev–Trinajstić information content (AvgIpc) is 2.79. The summed E-state index contributed by atoms with van der Waals surface area (Å²) in [6.45, 7) is 2.77. The normalized spacial score (nSPS) is 10.4. The zero-order valence-corrected chi connectivity index (χ0v) is 10.3. The van der Waals surface area contributed by atoms with Crippen molar-refractivity contribution in [1.29, 1.82) is 0 Å². The summed E-state index contributed by atoms with van der Waals surface area (Å²) < 4.78 is 20.6. The van der Waals surface area contributed by atoms with Gasteiger partial charge in [0.15, 0.2) is 17.3 Å².